The molecule has 0 rings (SSSR count). The highest BCUT2D eigenvalue weighted by Crippen LogP contribution is 2.05. The van der Waals surface area contributed by atoms with Crippen LogP contribution >= 0.6 is 0 Å². The number of halogens is 1. The van der Waals surface area contributed by atoms with Gasteiger partial charge in [-0.2, -0.15) is 0 Å². The van der Waals surface area contributed by atoms with Crippen LogP contribution < -0.4 is 0 Å². The summed E-state index contributed by atoms with van der Waals surface area (Å²) < 4.78 is 12.3. The van der Waals surface area contributed by atoms with Crippen LogP contribution in [0.4, 0.5) is 4.39 Å². The first kappa shape index (κ1) is 11.4. The molecule has 0 aromatic rings. The Morgan fingerprint density at radius 3 is 2.08 bits per heavy atom. The summed E-state index contributed by atoms with van der Waals surface area (Å²) in [6, 6.07) is 0. The SMILES string of the molecule is O=[13CH][C@H](F)[C@@H](O)[C@H](O)[C@H](O)CO. The number of aliphatic hydroxyl groups excluding tert-OH is 4. The molecule has 6 heteroatoms. The third-order valence-electron chi connectivity index (χ3n) is 1.39. The number of rotatable bonds is 5. The predicted octanol–water partition coefficient (Wildman–Crippen LogP) is -2.40. The highest BCUT2D eigenvalue weighted by Gasteiger charge is 2.30. The zero-order valence-electron chi connectivity index (χ0n) is 6.17. The van der Waals surface area contributed by atoms with E-state index >= 15 is 0 Å². The lowest BCUT2D eigenvalue weighted by Gasteiger charge is -2.21. The van der Waals surface area contributed by atoms with Gasteiger partial charge in [-0.25, -0.2) is 4.39 Å². The second kappa shape index (κ2) is 5.15. The van der Waals surface area contributed by atoms with Crippen molar-refractivity contribution in [1.29, 1.82) is 0 Å². The fourth-order valence-corrected chi connectivity index (χ4v) is 0.604. The van der Waals surface area contributed by atoms with Gasteiger partial charge in [0, 0.05) is 0 Å². The van der Waals surface area contributed by atoms with Gasteiger partial charge in [0.25, 0.3) is 0 Å². The second-order valence-corrected chi connectivity index (χ2v) is 2.31. The molecular formula is C6H11FO5. The molecule has 0 heterocycles. The summed E-state index contributed by atoms with van der Waals surface area (Å²) in [4.78, 5) is 9.77. The summed E-state index contributed by atoms with van der Waals surface area (Å²) in [5, 5.41) is 34.6. The summed E-state index contributed by atoms with van der Waals surface area (Å²) in [7, 11) is 0. The van der Waals surface area contributed by atoms with Crippen molar-refractivity contribution in [2.45, 2.75) is 24.5 Å². The Hall–Kier alpha value is -0.560. The van der Waals surface area contributed by atoms with Crippen molar-refractivity contribution in [3.8, 4) is 0 Å². The van der Waals surface area contributed by atoms with Crippen molar-refractivity contribution in [2.75, 3.05) is 6.61 Å². The molecule has 4 atom stereocenters. The predicted molar refractivity (Wildman–Crippen MR) is 36.1 cm³/mol. The molecule has 4 N–H and O–H groups in total. The fourth-order valence-electron chi connectivity index (χ4n) is 0.604. The van der Waals surface area contributed by atoms with Gasteiger partial charge in [0.2, 0.25) is 0 Å². The smallest absolute Gasteiger partial charge is 0.183 e. The molecule has 0 amide bonds. The first-order valence-electron chi connectivity index (χ1n) is 3.29. The molecule has 0 aliphatic heterocycles. The van der Waals surface area contributed by atoms with Crippen LogP contribution in [-0.4, -0.2) is 57.8 Å². The molecule has 0 saturated heterocycles. The van der Waals surface area contributed by atoms with Gasteiger partial charge in [0.1, 0.15) is 18.3 Å². The maximum atomic E-state index is 12.3. The largest absolute Gasteiger partial charge is 0.394 e. The van der Waals surface area contributed by atoms with Gasteiger partial charge < -0.3 is 25.2 Å². The number of hydrogen-bond acceptors (Lipinski definition) is 5. The molecule has 0 unspecified atom stereocenters. The molecule has 72 valence electrons. The topological polar surface area (TPSA) is 98.0 Å². The number of aliphatic hydroxyl groups is 4. The van der Waals surface area contributed by atoms with Crippen LogP contribution in [0.1, 0.15) is 0 Å². The minimum Gasteiger partial charge on any atom is -0.394 e. The van der Waals surface area contributed by atoms with Crippen LogP contribution in [-0.2, 0) is 4.79 Å². The molecule has 0 fully saturated rings. The first-order chi connectivity index (χ1) is 5.54. The van der Waals surface area contributed by atoms with Crippen LogP contribution in [0, 0.1) is 0 Å². The third-order valence-corrected chi connectivity index (χ3v) is 1.39. The van der Waals surface area contributed by atoms with Crippen molar-refractivity contribution >= 4 is 6.29 Å². The third kappa shape index (κ3) is 2.82. The van der Waals surface area contributed by atoms with Gasteiger partial charge in [-0.3, -0.25) is 0 Å². The van der Waals surface area contributed by atoms with Crippen molar-refractivity contribution in [3.05, 3.63) is 0 Å². The first-order valence-corrected chi connectivity index (χ1v) is 3.29. The average Bonchev–Trinajstić information content (AvgIpc) is 2.12. The summed E-state index contributed by atoms with van der Waals surface area (Å²) in [5.41, 5.74) is 0. The van der Waals surface area contributed by atoms with E-state index < -0.39 is 31.1 Å². The van der Waals surface area contributed by atoms with Gasteiger partial charge in [-0.15, -0.1) is 0 Å². The van der Waals surface area contributed by atoms with E-state index in [1.54, 1.807) is 0 Å². The number of carbonyl (C=O) groups is 1. The number of aldehydes is 1. The quantitative estimate of drug-likeness (QED) is 0.281. The Bertz CT molecular complexity index is 142. The Morgan fingerprint density at radius 2 is 1.75 bits per heavy atom. The molecule has 0 spiro atoms. The summed E-state index contributed by atoms with van der Waals surface area (Å²) in [6.45, 7) is -0.816. The van der Waals surface area contributed by atoms with E-state index in [4.69, 9.17) is 20.4 Å². The van der Waals surface area contributed by atoms with E-state index in [-0.39, 0.29) is 6.29 Å². The molecule has 0 aliphatic carbocycles. The Kier molecular flexibility index (Phi) is 4.91. The lowest BCUT2D eigenvalue weighted by molar-refractivity contribution is -0.127. The van der Waals surface area contributed by atoms with Crippen LogP contribution in [0.2, 0.25) is 0 Å². The summed E-state index contributed by atoms with van der Waals surface area (Å²) in [6.07, 6.45) is -7.99. The zero-order chi connectivity index (χ0) is 9.72. The van der Waals surface area contributed by atoms with Crippen LogP contribution in [0.3, 0.4) is 0 Å². The monoisotopic (exact) mass is 183 g/mol. The molecule has 0 aromatic carbocycles. The van der Waals surface area contributed by atoms with Crippen molar-refractivity contribution in [1.82, 2.24) is 0 Å². The molecular weight excluding hydrogens is 172 g/mol. The highest BCUT2D eigenvalue weighted by atomic mass is 19.1. The van der Waals surface area contributed by atoms with Crippen LogP contribution in [0.5, 0.6) is 0 Å². The lowest BCUT2D eigenvalue weighted by Crippen LogP contribution is -2.44. The fraction of sp³-hybridized carbons (Fsp3) is 0.833. The molecule has 0 aromatic heterocycles. The maximum Gasteiger partial charge on any atom is 0.183 e. The summed E-state index contributed by atoms with van der Waals surface area (Å²) in [5.74, 6) is 0. The molecule has 12 heavy (non-hydrogen) atoms. The maximum absolute atomic E-state index is 12.3. The van der Waals surface area contributed by atoms with E-state index in [2.05, 4.69) is 0 Å². The standard InChI is InChI=1S/C6H11FO5/c7-3(1-8)5(11)6(12)4(10)2-9/h1,3-6,9-12H,2H2/t3-,4+,5+,6+/m0/s1/i1+1. The minimum atomic E-state index is -2.26. The summed E-state index contributed by atoms with van der Waals surface area (Å²) >= 11 is 0. The molecule has 0 aliphatic rings. The molecule has 0 radical (unpaired) electrons. The van der Waals surface area contributed by atoms with E-state index in [9.17, 15) is 9.18 Å². The molecule has 5 nitrogen and oxygen atoms in total. The number of hydrogen-bond donors (Lipinski definition) is 4. The average molecular weight is 183 g/mol. The normalized spacial score (nSPS) is 21.1. The zero-order valence-corrected chi connectivity index (χ0v) is 6.17. The van der Waals surface area contributed by atoms with Gasteiger partial charge in [0.15, 0.2) is 12.5 Å². The van der Waals surface area contributed by atoms with Gasteiger partial charge in [0.05, 0.1) is 6.61 Å². The second-order valence-electron chi connectivity index (χ2n) is 2.31. The number of alkyl halides is 1. The molecule has 0 bridgehead atoms. The van der Waals surface area contributed by atoms with Crippen molar-refractivity contribution in [3.63, 3.8) is 0 Å². The van der Waals surface area contributed by atoms with Gasteiger partial charge >= 0.3 is 0 Å². The van der Waals surface area contributed by atoms with Gasteiger partial charge in [-0.05, 0) is 0 Å². The van der Waals surface area contributed by atoms with E-state index in [0.29, 0.717) is 0 Å². The minimum absolute atomic E-state index is 0.196. The van der Waals surface area contributed by atoms with Crippen molar-refractivity contribution in [2.24, 2.45) is 0 Å². The number of carbonyl (C=O) groups excluding carboxylic acids is 1. The Labute approximate surface area is 68.1 Å². The Balaban J connectivity index is 4.07. The highest BCUT2D eigenvalue weighted by molar-refractivity contribution is 5.56. The molecule has 0 saturated carbocycles. The lowest BCUT2D eigenvalue weighted by atomic mass is 10.1. The van der Waals surface area contributed by atoms with Crippen LogP contribution in [0.25, 0.3) is 0 Å². The van der Waals surface area contributed by atoms with Crippen LogP contribution in [0.15, 0.2) is 0 Å². The van der Waals surface area contributed by atoms with Gasteiger partial charge in [-0.1, -0.05) is 0 Å². The van der Waals surface area contributed by atoms with E-state index in [0.717, 1.165) is 0 Å². The Morgan fingerprint density at radius 1 is 1.25 bits per heavy atom. The van der Waals surface area contributed by atoms with E-state index in [1.165, 1.54) is 0 Å². The van der Waals surface area contributed by atoms with E-state index in [1.807, 2.05) is 0 Å². The van der Waals surface area contributed by atoms with Crippen molar-refractivity contribution < 1.29 is 29.6 Å².